The number of amides is 2. The van der Waals surface area contributed by atoms with Crippen LogP contribution in [0.1, 0.15) is 28.8 Å². The fourth-order valence-corrected chi connectivity index (χ4v) is 2.30. The van der Waals surface area contributed by atoms with E-state index in [1.165, 1.54) is 6.07 Å². The van der Waals surface area contributed by atoms with Crippen LogP contribution >= 0.6 is 0 Å². The van der Waals surface area contributed by atoms with Crippen molar-refractivity contribution in [3.05, 3.63) is 29.3 Å². The SMILES string of the molecule is Cc1c(NC(=O)N2CCC(N)CC2)cccc1C(=O)O. The molecule has 1 aromatic carbocycles. The zero-order valence-corrected chi connectivity index (χ0v) is 11.4. The zero-order valence-electron chi connectivity index (χ0n) is 11.4. The summed E-state index contributed by atoms with van der Waals surface area (Å²) in [4.78, 5) is 24.9. The molecule has 0 spiro atoms. The van der Waals surface area contributed by atoms with Crippen molar-refractivity contribution in [3.8, 4) is 0 Å². The predicted molar refractivity (Wildman–Crippen MR) is 75.9 cm³/mol. The monoisotopic (exact) mass is 277 g/mol. The van der Waals surface area contributed by atoms with Crippen molar-refractivity contribution in [2.75, 3.05) is 18.4 Å². The van der Waals surface area contributed by atoms with Crippen molar-refractivity contribution in [1.29, 1.82) is 0 Å². The molecule has 0 aliphatic carbocycles. The van der Waals surface area contributed by atoms with Crippen molar-refractivity contribution in [2.24, 2.45) is 5.73 Å². The van der Waals surface area contributed by atoms with E-state index in [1.54, 1.807) is 24.0 Å². The number of hydrogen-bond donors (Lipinski definition) is 3. The van der Waals surface area contributed by atoms with E-state index in [9.17, 15) is 9.59 Å². The first kappa shape index (κ1) is 14.3. The van der Waals surface area contributed by atoms with Crippen molar-refractivity contribution in [2.45, 2.75) is 25.8 Å². The Balaban J connectivity index is 2.08. The van der Waals surface area contributed by atoms with Gasteiger partial charge in [-0.3, -0.25) is 0 Å². The van der Waals surface area contributed by atoms with Gasteiger partial charge in [-0.15, -0.1) is 0 Å². The van der Waals surface area contributed by atoms with E-state index < -0.39 is 5.97 Å². The molecule has 4 N–H and O–H groups in total. The molecule has 108 valence electrons. The van der Waals surface area contributed by atoms with E-state index in [4.69, 9.17) is 10.8 Å². The van der Waals surface area contributed by atoms with Crippen molar-refractivity contribution in [1.82, 2.24) is 4.90 Å². The highest BCUT2D eigenvalue weighted by Crippen LogP contribution is 2.20. The topological polar surface area (TPSA) is 95.7 Å². The van der Waals surface area contributed by atoms with E-state index in [0.29, 0.717) is 24.3 Å². The van der Waals surface area contributed by atoms with Crippen LogP contribution in [0.25, 0.3) is 0 Å². The molecule has 1 heterocycles. The summed E-state index contributed by atoms with van der Waals surface area (Å²) >= 11 is 0. The highest BCUT2D eigenvalue weighted by Gasteiger charge is 2.21. The fraction of sp³-hybridized carbons (Fsp3) is 0.429. The number of likely N-dealkylation sites (tertiary alicyclic amines) is 1. The van der Waals surface area contributed by atoms with Gasteiger partial charge in [0, 0.05) is 24.8 Å². The number of carboxylic acids is 1. The summed E-state index contributed by atoms with van der Waals surface area (Å²) in [7, 11) is 0. The Labute approximate surface area is 117 Å². The number of rotatable bonds is 2. The van der Waals surface area contributed by atoms with Crippen LogP contribution in [0.4, 0.5) is 10.5 Å². The van der Waals surface area contributed by atoms with Gasteiger partial charge in [-0.05, 0) is 37.5 Å². The normalized spacial score (nSPS) is 16.0. The predicted octanol–water partition coefficient (Wildman–Crippen LogP) is 1.65. The van der Waals surface area contributed by atoms with Gasteiger partial charge in [0.2, 0.25) is 0 Å². The number of carboxylic acid groups (broad SMARTS) is 1. The summed E-state index contributed by atoms with van der Waals surface area (Å²) in [6.07, 6.45) is 1.59. The lowest BCUT2D eigenvalue weighted by Gasteiger charge is -2.30. The maximum Gasteiger partial charge on any atom is 0.336 e. The molecule has 2 amide bonds. The molecular weight excluding hydrogens is 258 g/mol. The van der Waals surface area contributed by atoms with Gasteiger partial charge >= 0.3 is 12.0 Å². The largest absolute Gasteiger partial charge is 0.478 e. The molecule has 1 aromatic rings. The summed E-state index contributed by atoms with van der Waals surface area (Å²) in [5.41, 5.74) is 7.09. The Morgan fingerprint density at radius 3 is 2.60 bits per heavy atom. The Bertz CT molecular complexity index is 522. The van der Waals surface area contributed by atoms with Crippen molar-refractivity contribution >= 4 is 17.7 Å². The second-order valence-corrected chi connectivity index (χ2v) is 5.04. The smallest absolute Gasteiger partial charge is 0.336 e. The fourth-order valence-electron chi connectivity index (χ4n) is 2.30. The number of nitrogens with two attached hydrogens (primary N) is 1. The minimum Gasteiger partial charge on any atom is -0.478 e. The maximum absolute atomic E-state index is 12.1. The number of carbonyl (C=O) groups is 2. The first-order valence-corrected chi connectivity index (χ1v) is 6.63. The number of piperidine rings is 1. The van der Waals surface area contributed by atoms with Gasteiger partial charge < -0.3 is 21.1 Å². The standard InChI is InChI=1S/C14H19N3O3/c1-9-11(13(18)19)3-2-4-12(9)16-14(20)17-7-5-10(15)6-8-17/h2-4,10H,5-8,15H2,1H3,(H,16,20)(H,18,19). The van der Waals surface area contributed by atoms with Gasteiger partial charge in [0.15, 0.2) is 0 Å². The summed E-state index contributed by atoms with van der Waals surface area (Å²) < 4.78 is 0. The van der Waals surface area contributed by atoms with Crippen LogP contribution in [0.2, 0.25) is 0 Å². The molecule has 1 aliphatic rings. The Hall–Kier alpha value is -2.08. The number of aromatic carboxylic acids is 1. The van der Waals surface area contributed by atoms with Gasteiger partial charge in [0.05, 0.1) is 5.56 Å². The summed E-state index contributed by atoms with van der Waals surface area (Å²) in [5.74, 6) is -0.998. The quantitative estimate of drug-likeness (QED) is 0.765. The maximum atomic E-state index is 12.1. The molecule has 20 heavy (non-hydrogen) atoms. The first-order valence-electron chi connectivity index (χ1n) is 6.63. The minimum atomic E-state index is -0.998. The van der Waals surface area contributed by atoms with Crippen LogP contribution in [0.15, 0.2) is 18.2 Å². The van der Waals surface area contributed by atoms with E-state index in [-0.39, 0.29) is 17.6 Å². The third kappa shape index (κ3) is 3.08. The van der Waals surface area contributed by atoms with Crippen LogP contribution in [0, 0.1) is 6.92 Å². The van der Waals surface area contributed by atoms with Crippen molar-refractivity contribution in [3.63, 3.8) is 0 Å². The second-order valence-electron chi connectivity index (χ2n) is 5.04. The number of carbonyl (C=O) groups excluding carboxylic acids is 1. The van der Waals surface area contributed by atoms with Crippen molar-refractivity contribution < 1.29 is 14.7 Å². The molecule has 0 radical (unpaired) electrons. The molecule has 1 aliphatic heterocycles. The molecule has 0 bridgehead atoms. The van der Waals surface area contributed by atoms with Gasteiger partial charge in [-0.2, -0.15) is 0 Å². The highest BCUT2D eigenvalue weighted by atomic mass is 16.4. The molecule has 0 atom stereocenters. The summed E-state index contributed by atoms with van der Waals surface area (Å²) in [6, 6.07) is 4.81. The average Bonchev–Trinajstić information content (AvgIpc) is 2.41. The Kier molecular flexibility index (Phi) is 4.24. The average molecular weight is 277 g/mol. The molecule has 1 fully saturated rings. The number of anilines is 1. The lowest BCUT2D eigenvalue weighted by Crippen LogP contribution is -2.44. The summed E-state index contributed by atoms with van der Waals surface area (Å²) in [5, 5.41) is 11.8. The van der Waals surface area contributed by atoms with Gasteiger partial charge in [-0.1, -0.05) is 6.07 Å². The van der Waals surface area contributed by atoms with Crippen LogP contribution in [0.5, 0.6) is 0 Å². The van der Waals surface area contributed by atoms with Gasteiger partial charge in [0.1, 0.15) is 0 Å². The number of hydrogen-bond acceptors (Lipinski definition) is 3. The third-order valence-corrected chi connectivity index (χ3v) is 3.63. The molecule has 6 nitrogen and oxygen atoms in total. The van der Waals surface area contributed by atoms with Crippen LogP contribution in [0.3, 0.4) is 0 Å². The molecule has 0 saturated carbocycles. The van der Waals surface area contributed by atoms with E-state index in [2.05, 4.69) is 5.32 Å². The lowest BCUT2D eigenvalue weighted by molar-refractivity contribution is 0.0696. The van der Waals surface area contributed by atoms with Crippen LogP contribution in [-0.4, -0.2) is 41.1 Å². The number of urea groups is 1. The number of benzene rings is 1. The molecule has 1 saturated heterocycles. The molecular formula is C14H19N3O3. The Morgan fingerprint density at radius 2 is 2.00 bits per heavy atom. The molecule has 2 rings (SSSR count). The van der Waals surface area contributed by atoms with E-state index in [0.717, 1.165) is 12.8 Å². The molecule has 6 heteroatoms. The third-order valence-electron chi connectivity index (χ3n) is 3.63. The number of nitrogens with zero attached hydrogens (tertiary/aromatic N) is 1. The van der Waals surface area contributed by atoms with Gasteiger partial charge in [0.25, 0.3) is 0 Å². The Morgan fingerprint density at radius 1 is 1.35 bits per heavy atom. The molecule has 0 aromatic heterocycles. The minimum absolute atomic E-state index is 0.163. The summed E-state index contributed by atoms with van der Waals surface area (Å²) in [6.45, 7) is 2.94. The van der Waals surface area contributed by atoms with Crippen LogP contribution < -0.4 is 11.1 Å². The highest BCUT2D eigenvalue weighted by molar-refractivity contribution is 5.95. The van der Waals surface area contributed by atoms with Gasteiger partial charge in [-0.25, -0.2) is 9.59 Å². The van der Waals surface area contributed by atoms with Crippen LogP contribution in [-0.2, 0) is 0 Å². The molecule has 0 unspecified atom stereocenters. The second kappa shape index (κ2) is 5.92. The lowest BCUT2D eigenvalue weighted by atomic mass is 10.1. The van der Waals surface area contributed by atoms with E-state index in [1.807, 2.05) is 0 Å². The first-order chi connectivity index (χ1) is 9.49. The number of nitrogens with one attached hydrogen (secondary N) is 1. The van der Waals surface area contributed by atoms with E-state index >= 15 is 0 Å². The zero-order chi connectivity index (χ0) is 14.7.